The third-order valence-electron chi connectivity index (χ3n) is 3.81. The van der Waals surface area contributed by atoms with Crippen molar-refractivity contribution in [3.8, 4) is 0 Å². The van der Waals surface area contributed by atoms with Gasteiger partial charge in [0.2, 0.25) is 5.91 Å². The van der Waals surface area contributed by atoms with Crippen LogP contribution in [-0.4, -0.2) is 30.2 Å². The lowest BCUT2D eigenvalue weighted by Crippen LogP contribution is -2.27. The minimum atomic E-state index is -0.341. The minimum absolute atomic E-state index is 0.146. The summed E-state index contributed by atoms with van der Waals surface area (Å²) in [5.74, 6) is 0.215. The van der Waals surface area contributed by atoms with Crippen molar-refractivity contribution >= 4 is 33.7 Å². The van der Waals surface area contributed by atoms with E-state index in [-0.39, 0.29) is 18.0 Å². The molecule has 1 amide bonds. The molecule has 0 atom stereocenters. The summed E-state index contributed by atoms with van der Waals surface area (Å²) in [5, 5.41) is 7.12. The topological polar surface area (TPSA) is 108 Å². The van der Waals surface area contributed by atoms with Crippen LogP contribution in [0.4, 0.5) is 5.69 Å². The molecule has 0 saturated heterocycles. The molecule has 0 aliphatic carbocycles. The highest BCUT2D eigenvalue weighted by molar-refractivity contribution is 5.92. The van der Waals surface area contributed by atoms with Crippen molar-refractivity contribution in [2.75, 3.05) is 5.32 Å². The molecule has 4 rings (SSSR count). The Labute approximate surface area is 140 Å². The third-order valence-corrected chi connectivity index (χ3v) is 3.81. The SMILES string of the molecule is Cc1nc2cc(NC(=O)Cn3cnc4c(cnn4C)c3=O)ccc2o1. The average Bonchev–Trinajstić information content (AvgIpc) is 3.12. The van der Waals surface area contributed by atoms with Gasteiger partial charge in [-0.3, -0.25) is 18.8 Å². The fraction of sp³-hybridized carbons (Fsp3) is 0.188. The van der Waals surface area contributed by atoms with Crippen LogP contribution in [0.2, 0.25) is 0 Å². The molecule has 3 aromatic heterocycles. The molecule has 0 bridgehead atoms. The van der Waals surface area contributed by atoms with Crippen LogP contribution < -0.4 is 10.9 Å². The standard InChI is InChI=1S/C16H14N6O3/c1-9-19-12-5-10(3-4-13(12)25-9)20-14(23)7-22-8-17-15-11(16(22)24)6-18-21(15)2/h3-6,8H,7H2,1-2H3,(H,20,23). The lowest BCUT2D eigenvalue weighted by molar-refractivity contribution is -0.116. The number of aryl methyl sites for hydroxylation is 2. The molecule has 1 aromatic carbocycles. The molecule has 25 heavy (non-hydrogen) atoms. The van der Waals surface area contributed by atoms with Gasteiger partial charge in [0.1, 0.15) is 23.8 Å². The first kappa shape index (κ1) is 15.1. The van der Waals surface area contributed by atoms with E-state index in [0.29, 0.717) is 33.7 Å². The number of benzene rings is 1. The zero-order valence-electron chi connectivity index (χ0n) is 13.6. The molecule has 0 spiro atoms. The van der Waals surface area contributed by atoms with Crippen LogP contribution >= 0.6 is 0 Å². The maximum atomic E-state index is 12.4. The van der Waals surface area contributed by atoms with E-state index in [9.17, 15) is 9.59 Å². The average molecular weight is 338 g/mol. The van der Waals surface area contributed by atoms with E-state index in [2.05, 4.69) is 20.4 Å². The van der Waals surface area contributed by atoms with Gasteiger partial charge < -0.3 is 9.73 Å². The molecule has 0 aliphatic rings. The molecule has 1 N–H and O–H groups in total. The molecular formula is C16H14N6O3. The lowest BCUT2D eigenvalue weighted by atomic mass is 10.3. The second kappa shape index (κ2) is 5.55. The van der Waals surface area contributed by atoms with Gasteiger partial charge in [-0.25, -0.2) is 9.97 Å². The zero-order chi connectivity index (χ0) is 17.6. The van der Waals surface area contributed by atoms with Crippen molar-refractivity contribution in [3.63, 3.8) is 0 Å². The highest BCUT2D eigenvalue weighted by Crippen LogP contribution is 2.19. The summed E-state index contributed by atoms with van der Waals surface area (Å²) in [6.07, 6.45) is 2.79. The highest BCUT2D eigenvalue weighted by Gasteiger charge is 2.11. The van der Waals surface area contributed by atoms with E-state index in [1.165, 1.54) is 21.8 Å². The summed E-state index contributed by atoms with van der Waals surface area (Å²) >= 11 is 0. The first-order chi connectivity index (χ1) is 12.0. The van der Waals surface area contributed by atoms with E-state index < -0.39 is 0 Å². The van der Waals surface area contributed by atoms with Crippen molar-refractivity contribution in [3.05, 3.63) is 47.0 Å². The molecule has 9 nitrogen and oxygen atoms in total. The number of amides is 1. The number of hydrogen-bond donors (Lipinski definition) is 1. The fourth-order valence-electron chi connectivity index (χ4n) is 2.65. The largest absolute Gasteiger partial charge is 0.441 e. The summed E-state index contributed by atoms with van der Waals surface area (Å²) in [5.41, 5.74) is 2.06. The van der Waals surface area contributed by atoms with Gasteiger partial charge >= 0.3 is 0 Å². The molecule has 0 unspecified atom stereocenters. The van der Waals surface area contributed by atoms with Crippen LogP contribution in [-0.2, 0) is 18.4 Å². The second-order valence-electron chi connectivity index (χ2n) is 5.65. The summed E-state index contributed by atoms with van der Waals surface area (Å²) in [6, 6.07) is 5.17. The van der Waals surface area contributed by atoms with Gasteiger partial charge in [-0.15, -0.1) is 0 Å². The van der Waals surface area contributed by atoms with Crippen LogP contribution in [0.3, 0.4) is 0 Å². The first-order valence-electron chi connectivity index (χ1n) is 7.55. The fourth-order valence-corrected chi connectivity index (χ4v) is 2.65. The number of aromatic nitrogens is 5. The van der Waals surface area contributed by atoms with Crippen molar-refractivity contribution in [1.29, 1.82) is 0 Å². The minimum Gasteiger partial charge on any atom is -0.441 e. The summed E-state index contributed by atoms with van der Waals surface area (Å²) in [4.78, 5) is 33.0. The van der Waals surface area contributed by atoms with Gasteiger partial charge in [-0.2, -0.15) is 5.10 Å². The smallest absolute Gasteiger partial charge is 0.264 e. The number of rotatable bonds is 3. The van der Waals surface area contributed by atoms with Crippen molar-refractivity contribution in [2.45, 2.75) is 13.5 Å². The van der Waals surface area contributed by atoms with Crippen LogP contribution in [0, 0.1) is 6.92 Å². The lowest BCUT2D eigenvalue weighted by Gasteiger charge is -2.07. The van der Waals surface area contributed by atoms with Gasteiger partial charge in [0.15, 0.2) is 17.1 Å². The van der Waals surface area contributed by atoms with E-state index in [1.807, 2.05) is 0 Å². The molecule has 0 aliphatic heterocycles. The predicted octanol–water partition coefficient (Wildman–Crippen LogP) is 1.22. The Morgan fingerprint density at radius 2 is 2.20 bits per heavy atom. The Morgan fingerprint density at radius 1 is 1.36 bits per heavy atom. The molecule has 4 aromatic rings. The molecule has 0 radical (unpaired) electrons. The zero-order valence-corrected chi connectivity index (χ0v) is 13.6. The van der Waals surface area contributed by atoms with Crippen LogP contribution in [0.25, 0.3) is 22.1 Å². The number of hydrogen-bond acceptors (Lipinski definition) is 6. The van der Waals surface area contributed by atoms with E-state index in [1.54, 1.807) is 32.2 Å². The summed E-state index contributed by atoms with van der Waals surface area (Å²) in [7, 11) is 1.70. The Hall–Kier alpha value is -3.49. The molecule has 0 saturated carbocycles. The van der Waals surface area contributed by atoms with Crippen LogP contribution in [0.5, 0.6) is 0 Å². The van der Waals surface area contributed by atoms with Crippen molar-refractivity contribution in [1.82, 2.24) is 24.3 Å². The Morgan fingerprint density at radius 3 is 3.04 bits per heavy atom. The maximum absolute atomic E-state index is 12.4. The van der Waals surface area contributed by atoms with Gasteiger partial charge in [-0.1, -0.05) is 0 Å². The maximum Gasteiger partial charge on any atom is 0.264 e. The number of carbonyl (C=O) groups excluding carboxylic acids is 1. The quantitative estimate of drug-likeness (QED) is 0.602. The monoisotopic (exact) mass is 338 g/mol. The Balaban J connectivity index is 1.57. The third kappa shape index (κ3) is 2.65. The number of oxazole rings is 1. The molecule has 9 heteroatoms. The van der Waals surface area contributed by atoms with Gasteiger partial charge in [0.05, 0.1) is 6.20 Å². The number of anilines is 1. The van der Waals surface area contributed by atoms with E-state index in [0.717, 1.165) is 0 Å². The number of carbonyl (C=O) groups is 1. The highest BCUT2D eigenvalue weighted by atomic mass is 16.3. The Kier molecular flexibility index (Phi) is 3.34. The van der Waals surface area contributed by atoms with Gasteiger partial charge in [-0.05, 0) is 18.2 Å². The van der Waals surface area contributed by atoms with Crippen LogP contribution in [0.1, 0.15) is 5.89 Å². The second-order valence-corrected chi connectivity index (χ2v) is 5.65. The normalized spacial score (nSPS) is 11.3. The van der Waals surface area contributed by atoms with Crippen LogP contribution in [0.15, 0.2) is 39.9 Å². The predicted molar refractivity (Wildman–Crippen MR) is 90.1 cm³/mol. The molecule has 0 fully saturated rings. The summed E-state index contributed by atoms with van der Waals surface area (Å²) in [6.45, 7) is 1.61. The first-order valence-corrected chi connectivity index (χ1v) is 7.55. The molecule has 3 heterocycles. The number of fused-ring (bicyclic) bond motifs is 2. The number of nitrogens with zero attached hydrogens (tertiary/aromatic N) is 5. The van der Waals surface area contributed by atoms with Gasteiger partial charge in [0.25, 0.3) is 5.56 Å². The molecule has 126 valence electrons. The van der Waals surface area contributed by atoms with Crippen molar-refractivity contribution in [2.24, 2.45) is 7.05 Å². The molecular weight excluding hydrogens is 324 g/mol. The summed E-state index contributed by atoms with van der Waals surface area (Å²) < 4.78 is 8.16. The van der Waals surface area contributed by atoms with E-state index in [4.69, 9.17) is 4.42 Å². The Bertz CT molecular complexity index is 1170. The van der Waals surface area contributed by atoms with Crippen molar-refractivity contribution < 1.29 is 9.21 Å². The number of nitrogens with one attached hydrogen (secondary N) is 1. The van der Waals surface area contributed by atoms with Gasteiger partial charge in [0, 0.05) is 19.7 Å². The van der Waals surface area contributed by atoms with E-state index >= 15 is 0 Å².